The van der Waals surface area contributed by atoms with Gasteiger partial charge in [-0.05, 0) is 68.2 Å². The second kappa shape index (κ2) is 9.15. The standard InChI is InChI=1S/C28H27NO3/c1-5-31-26-16-27-24(25(17-32-27)21-9-7-6-8-10-21)15-23(26)20(4)14-28(30)29-22-12-18(2)11-19(3)13-22/h6-17H,5H2,1-4H3,(H,29,30)/b20-14+. The molecule has 0 fully saturated rings. The van der Waals surface area contributed by atoms with Crippen LogP contribution in [0.4, 0.5) is 5.69 Å². The van der Waals surface area contributed by atoms with E-state index in [0.717, 1.165) is 50.0 Å². The number of anilines is 1. The molecule has 0 saturated carbocycles. The van der Waals surface area contributed by atoms with Crippen molar-refractivity contribution >= 4 is 28.1 Å². The zero-order valence-electron chi connectivity index (χ0n) is 18.9. The van der Waals surface area contributed by atoms with E-state index in [2.05, 4.69) is 23.5 Å². The molecule has 0 radical (unpaired) electrons. The van der Waals surface area contributed by atoms with Crippen LogP contribution >= 0.6 is 0 Å². The van der Waals surface area contributed by atoms with Gasteiger partial charge in [0.05, 0.1) is 12.9 Å². The predicted molar refractivity (Wildman–Crippen MR) is 131 cm³/mol. The third-order valence-electron chi connectivity index (χ3n) is 5.32. The summed E-state index contributed by atoms with van der Waals surface area (Å²) in [5, 5.41) is 3.95. The SMILES string of the molecule is CCOc1cc2occ(-c3ccccc3)c2cc1/C(C)=C/C(=O)Nc1cc(C)cc(C)c1. The van der Waals surface area contributed by atoms with Crippen LogP contribution in [0.3, 0.4) is 0 Å². The average Bonchev–Trinajstić information content (AvgIpc) is 3.16. The summed E-state index contributed by atoms with van der Waals surface area (Å²) in [6.45, 7) is 8.42. The van der Waals surface area contributed by atoms with Crippen molar-refractivity contribution in [3.63, 3.8) is 0 Å². The number of furan rings is 1. The number of rotatable bonds is 6. The van der Waals surface area contributed by atoms with E-state index in [1.165, 1.54) is 0 Å². The summed E-state index contributed by atoms with van der Waals surface area (Å²) in [5.74, 6) is 0.521. The number of nitrogens with one attached hydrogen (secondary N) is 1. The summed E-state index contributed by atoms with van der Waals surface area (Å²) in [4.78, 5) is 12.7. The Morgan fingerprint density at radius 3 is 2.44 bits per heavy atom. The maximum Gasteiger partial charge on any atom is 0.248 e. The maximum absolute atomic E-state index is 12.7. The van der Waals surface area contributed by atoms with E-state index < -0.39 is 0 Å². The Hall–Kier alpha value is -3.79. The molecule has 162 valence electrons. The van der Waals surface area contributed by atoms with Crippen LogP contribution < -0.4 is 10.1 Å². The van der Waals surface area contributed by atoms with E-state index in [-0.39, 0.29) is 5.91 Å². The molecule has 0 aliphatic heterocycles. The molecule has 0 bridgehead atoms. The Morgan fingerprint density at radius 2 is 1.75 bits per heavy atom. The smallest absolute Gasteiger partial charge is 0.248 e. The van der Waals surface area contributed by atoms with Gasteiger partial charge in [0.15, 0.2) is 0 Å². The number of benzene rings is 3. The molecular formula is C28H27NO3. The van der Waals surface area contributed by atoms with Gasteiger partial charge in [-0.3, -0.25) is 4.79 Å². The molecule has 32 heavy (non-hydrogen) atoms. The highest BCUT2D eigenvalue weighted by atomic mass is 16.5. The number of fused-ring (bicyclic) bond motifs is 1. The molecule has 0 aliphatic rings. The molecule has 1 amide bonds. The first-order valence-corrected chi connectivity index (χ1v) is 10.8. The summed E-state index contributed by atoms with van der Waals surface area (Å²) < 4.78 is 11.7. The van der Waals surface area contributed by atoms with Crippen molar-refractivity contribution in [2.75, 3.05) is 11.9 Å². The van der Waals surface area contributed by atoms with Gasteiger partial charge < -0.3 is 14.5 Å². The van der Waals surface area contributed by atoms with Gasteiger partial charge >= 0.3 is 0 Å². The molecule has 0 atom stereocenters. The van der Waals surface area contributed by atoms with E-state index in [0.29, 0.717) is 12.4 Å². The number of hydrogen-bond acceptors (Lipinski definition) is 3. The zero-order valence-corrected chi connectivity index (χ0v) is 18.9. The summed E-state index contributed by atoms with van der Waals surface area (Å²) in [6.07, 6.45) is 3.38. The third kappa shape index (κ3) is 4.59. The molecule has 1 aromatic heterocycles. The molecular weight excluding hydrogens is 398 g/mol. The van der Waals surface area contributed by atoms with Crippen molar-refractivity contribution in [1.29, 1.82) is 0 Å². The largest absolute Gasteiger partial charge is 0.493 e. The maximum atomic E-state index is 12.7. The van der Waals surface area contributed by atoms with Crippen molar-refractivity contribution in [3.05, 3.63) is 89.7 Å². The number of aryl methyl sites for hydroxylation is 2. The van der Waals surface area contributed by atoms with E-state index in [9.17, 15) is 4.79 Å². The number of amides is 1. The fraction of sp³-hybridized carbons (Fsp3) is 0.179. The monoisotopic (exact) mass is 425 g/mol. The summed E-state index contributed by atoms with van der Waals surface area (Å²) >= 11 is 0. The first-order valence-electron chi connectivity index (χ1n) is 10.8. The molecule has 0 spiro atoms. The number of carbonyl (C=O) groups is 1. The van der Waals surface area contributed by atoms with Crippen molar-refractivity contribution in [2.24, 2.45) is 0 Å². The van der Waals surface area contributed by atoms with Crippen LogP contribution in [0.15, 0.2) is 77.4 Å². The number of carbonyl (C=O) groups excluding carboxylic acids is 1. The second-order valence-corrected chi connectivity index (χ2v) is 7.99. The Kier molecular flexibility index (Phi) is 6.13. The van der Waals surface area contributed by atoms with Crippen molar-refractivity contribution in [1.82, 2.24) is 0 Å². The molecule has 0 saturated heterocycles. The molecule has 0 unspecified atom stereocenters. The summed E-state index contributed by atoms with van der Waals surface area (Å²) in [6, 6.07) is 20.1. The zero-order chi connectivity index (χ0) is 22.7. The van der Waals surface area contributed by atoms with Crippen LogP contribution in [-0.4, -0.2) is 12.5 Å². The van der Waals surface area contributed by atoms with Crippen molar-refractivity contribution < 1.29 is 13.9 Å². The lowest BCUT2D eigenvalue weighted by Crippen LogP contribution is -2.09. The van der Waals surface area contributed by atoms with Crippen LogP contribution in [0, 0.1) is 13.8 Å². The Morgan fingerprint density at radius 1 is 1.03 bits per heavy atom. The second-order valence-electron chi connectivity index (χ2n) is 7.99. The minimum atomic E-state index is -0.175. The van der Waals surface area contributed by atoms with Crippen molar-refractivity contribution in [2.45, 2.75) is 27.7 Å². The van der Waals surface area contributed by atoms with Gasteiger partial charge in [0.2, 0.25) is 5.91 Å². The van der Waals surface area contributed by atoms with Gasteiger partial charge in [-0.25, -0.2) is 0 Å². The summed E-state index contributed by atoms with van der Waals surface area (Å²) in [5.41, 5.74) is 7.54. The van der Waals surface area contributed by atoms with Crippen molar-refractivity contribution in [3.8, 4) is 16.9 Å². The molecule has 4 nitrogen and oxygen atoms in total. The minimum Gasteiger partial charge on any atom is -0.493 e. The predicted octanol–water partition coefficient (Wildman–Crippen LogP) is 7.16. The van der Waals surface area contributed by atoms with Gasteiger partial charge in [-0.2, -0.15) is 0 Å². The van der Waals surface area contributed by atoms with Gasteiger partial charge in [0.1, 0.15) is 11.3 Å². The normalized spacial score (nSPS) is 11.6. The molecule has 4 heteroatoms. The fourth-order valence-electron chi connectivity index (χ4n) is 3.98. The Labute approximate surface area is 188 Å². The van der Waals surface area contributed by atoms with E-state index in [4.69, 9.17) is 9.15 Å². The lowest BCUT2D eigenvalue weighted by atomic mass is 9.99. The van der Waals surface area contributed by atoms with Gasteiger partial charge in [-0.1, -0.05) is 36.4 Å². The first kappa shape index (κ1) is 21.4. The summed E-state index contributed by atoms with van der Waals surface area (Å²) in [7, 11) is 0. The topological polar surface area (TPSA) is 51.5 Å². The molecule has 3 aromatic carbocycles. The quantitative estimate of drug-likeness (QED) is 0.334. The van der Waals surface area contributed by atoms with Crippen LogP contribution in [0.5, 0.6) is 5.75 Å². The van der Waals surface area contributed by atoms with Gasteiger partial charge in [0.25, 0.3) is 0 Å². The number of allylic oxidation sites excluding steroid dienone is 1. The Balaban J connectivity index is 1.72. The lowest BCUT2D eigenvalue weighted by molar-refractivity contribution is -0.111. The molecule has 4 aromatic rings. The van der Waals surface area contributed by atoms with Crippen LogP contribution in [0.25, 0.3) is 27.7 Å². The molecule has 1 heterocycles. The highest BCUT2D eigenvalue weighted by molar-refractivity contribution is 6.05. The molecule has 1 N–H and O–H groups in total. The lowest BCUT2D eigenvalue weighted by Gasteiger charge is -2.12. The van der Waals surface area contributed by atoms with Crippen LogP contribution in [0.2, 0.25) is 0 Å². The van der Waals surface area contributed by atoms with E-state index in [1.54, 1.807) is 12.3 Å². The first-order chi connectivity index (χ1) is 15.4. The Bertz CT molecular complexity index is 1280. The van der Waals surface area contributed by atoms with E-state index in [1.807, 2.05) is 70.2 Å². The molecule has 0 aliphatic carbocycles. The highest BCUT2D eigenvalue weighted by Crippen LogP contribution is 2.37. The fourth-order valence-corrected chi connectivity index (χ4v) is 3.98. The van der Waals surface area contributed by atoms with Crippen LogP contribution in [0.1, 0.15) is 30.5 Å². The number of hydrogen-bond donors (Lipinski definition) is 1. The highest BCUT2D eigenvalue weighted by Gasteiger charge is 2.15. The van der Waals surface area contributed by atoms with Gasteiger partial charge in [-0.15, -0.1) is 0 Å². The minimum absolute atomic E-state index is 0.175. The number of ether oxygens (including phenoxy) is 1. The third-order valence-corrected chi connectivity index (χ3v) is 5.32. The molecule has 4 rings (SSSR count). The van der Waals surface area contributed by atoms with E-state index >= 15 is 0 Å². The van der Waals surface area contributed by atoms with Gasteiger partial charge in [0, 0.05) is 34.3 Å². The van der Waals surface area contributed by atoms with Crippen LogP contribution in [-0.2, 0) is 4.79 Å². The average molecular weight is 426 g/mol.